The zero-order chi connectivity index (χ0) is 12.5. The van der Waals surface area contributed by atoms with Crippen LogP contribution in [-0.2, 0) is 6.42 Å². The predicted octanol–water partition coefficient (Wildman–Crippen LogP) is 3.20. The first-order valence-corrected chi connectivity index (χ1v) is 8.14. The first-order valence-electron chi connectivity index (χ1n) is 7.26. The minimum Gasteiger partial charge on any atom is -0.307 e. The lowest BCUT2D eigenvalue weighted by molar-refractivity contribution is 0.160. The van der Waals surface area contributed by atoms with Gasteiger partial charge >= 0.3 is 0 Å². The zero-order valence-corrected chi connectivity index (χ0v) is 12.3. The lowest BCUT2D eigenvalue weighted by atomic mass is 9.91. The summed E-state index contributed by atoms with van der Waals surface area (Å²) >= 11 is 1.94. The summed E-state index contributed by atoms with van der Waals surface area (Å²) in [7, 11) is 2.25. The van der Waals surface area contributed by atoms with E-state index >= 15 is 0 Å². The summed E-state index contributed by atoms with van der Waals surface area (Å²) in [5.41, 5.74) is 1.60. The maximum atomic E-state index is 3.93. The van der Waals surface area contributed by atoms with E-state index in [4.69, 9.17) is 0 Å². The van der Waals surface area contributed by atoms with Crippen molar-refractivity contribution in [2.75, 3.05) is 13.6 Å². The molecule has 2 heterocycles. The Morgan fingerprint density at radius 2 is 2.28 bits per heavy atom. The van der Waals surface area contributed by atoms with Crippen molar-refractivity contribution in [3.63, 3.8) is 0 Å². The van der Waals surface area contributed by atoms with E-state index in [9.17, 15) is 0 Å². The molecule has 1 N–H and O–H groups in total. The average Bonchev–Trinajstić information content (AvgIpc) is 2.83. The highest BCUT2D eigenvalue weighted by atomic mass is 32.1. The predicted molar refractivity (Wildman–Crippen MR) is 78.2 cm³/mol. The molecule has 1 aromatic heterocycles. The van der Waals surface area contributed by atoms with E-state index in [1.165, 1.54) is 38.6 Å². The van der Waals surface area contributed by atoms with Crippen LogP contribution in [0, 0.1) is 0 Å². The summed E-state index contributed by atoms with van der Waals surface area (Å²) in [4.78, 5) is 4.11. The monoisotopic (exact) mass is 264 g/mol. The number of aryl methyl sites for hydroxylation is 1. The molecule has 1 aromatic rings. The molecule has 0 saturated carbocycles. The molecule has 1 fully saturated rings. The SMILES string of the molecule is CC1CC(NC2CCCc3sccc32)CCN1C. The van der Waals surface area contributed by atoms with Crippen LogP contribution in [0.25, 0.3) is 0 Å². The van der Waals surface area contributed by atoms with E-state index in [1.54, 1.807) is 10.4 Å². The normalized spacial score (nSPS) is 33.3. The van der Waals surface area contributed by atoms with E-state index in [-0.39, 0.29) is 0 Å². The second-order valence-electron chi connectivity index (χ2n) is 5.96. The highest BCUT2D eigenvalue weighted by Crippen LogP contribution is 2.34. The number of thiophene rings is 1. The minimum absolute atomic E-state index is 0.626. The molecule has 2 aliphatic rings. The van der Waals surface area contributed by atoms with Crippen LogP contribution in [0.2, 0.25) is 0 Å². The summed E-state index contributed by atoms with van der Waals surface area (Å²) in [5.74, 6) is 0. The Morgan fingerprint density at radius 3 is 3.11 bits per heavy atom. The number of rotatable bonds is 2. The van der Waals surface area contributed by atoms with Crippen molar-refractivity contribution < 1.29 is 0 Å². The van der Waals surface area contributed by atoms with Gasteiger partial charge < -0.3 is 10.2 Å². The van der Waals surface area contributed by atoms with Gasteiger partial charge in [0, 0.05) is 23.0 Å². The van der Waals surface area contributed by atoms with E-state index in [2.05, 4.69) is 35.6 Å². The maximum Gasteiger partial charge on any atom is 0.0333 e. The number of hydrogen-bond donors (Lipinski definition) is 1. The maximum absolute atomic E-state index is 3.93. The van der Waals surface area contributed by atoms with Gasteiger partial charge in [0.1, 0.15) is 0 Å². The van der Waals surface area contributed by atoms with Gasteiger partial charge in [-0.15, -0.1) is 11.3 Å². The lowest BCUT2D eigenvalue weighted by Crippen LogP contribution is -2.46. The fraction of sp³-hybridized carbons (Fsp3) is 0.733. The first kappa shape index (κ1) is 12.6. The van der Waals surface area contributed by atoms with Gasteiger partial charge in [0.25, 0.3) is 0 Å². The van der Waals surface area contributed by atoms with Gasteiger partial charge in [-0.2, -0.15) is 0 Å². The Balaban J connectivity index is 1.64. The number of likely N-dealkylation sites (tertiary alicyclic amines) is 1. The molecule has 3 atom stereocenters. The molecule has 2 nitrogen and oxygen atoms in total. The molecule has 0 radical (unpaired) electrons. The van der Waals surface area contributed by atoms with Crippen LogP contribution in [0.3, 0.4) is 0 Å². The highest BCUT2D eigenvalue weighted by molar-refractivity contribution is 7.10. The standard InChI is InChI=1S/C15H24N2S/c1-11-10-12(6-8-17(11)2)16-14-4-3-5-15-13(14)7-9-18-15/h7,9,11-12,14,16H,3-6,8,10H2,1-2H3. The van der Waals surface area contributed by atoms with Crippen LogP contribution in [0.1, 0.15) is 49.1 Å². The smallest absolute Gasteiger partial charge is 0.0333 e. The van der Waals surface area contributed by atoms with Gasteiger partial charge in [-0.25, -0.2) is 0 Å². The van der Waals surface area contributed by atoms with Crippen LogP contribution in [0.4, 0.5) is 0 Å². The van der Waals surface area contributed by atoms with Gasteiger partial charge in [-0.3, -0.25) is 0 Å². The zero-order valence-electron chi connectivity index (χ0n) is 11.5. The van der Waals surface area contributed by atoms with E-state index in [0.29, 0.717) is 12.1 Å². The summed E-state index contributed by atoms with van der Waals surface area (Å²) in [6, 6.07) is 4.41. The number of nitrogens with zero attached hydrogens (tertiary/aromatic N) is 1. The molecule has 100 valence electrons. The van der Waals surface area contributed by atoms with Crippen molar-refractivity contribution in [3.05, 3.63) is 21.9 Å². The molecule has 0 bridgehead atoms. The minimum atomic E-state index is 0.626. The first-order chi connectivity index (χ1) is 8.74. The van der Waals surface area contributed by atoms with Gasteiger partial charge in [0.05, 0.1) is 0 Å². The van der Waals surface area contributed by atoms with Gasteiger partial charge in [-0.05, 0) is 69.6 Å². The summed E-state index contributed by atoms with van der Waals surface area (Å²) in [6.45, 7) is 3.59. The number of hydrogen-bond acceptors (Lipinski definition) is 3. The third-order valence-corrected chi connectivity index (χ3v) is 5.69. The number of nitrogens with one attached hydrogen (secondary N) is 1. The summed E-state index contributed by atoms with van der Waals surface area (Å²) in [5, 5.41) is 6.20. The fourth-order valence-electron chi connectivity index (χ4n) is 3.38. The second-order valence-corrected chi connectivity index (χ2v) is 6.96. The van der Waals surface area contributed by atoms with E-state index < -0.39 is 0 Å². The molecule has 0 aromatic carbocycles. The van der Waals surface area contributed by atoms with Crippen molar-refractivity contribution in [1.29, 1.82) is 0 Å². The molecule has 3 unspecified atom stereocenters. The van der Waals surface area contributed by atoms with Gasteiger partial charge in [0.2, 0.25) is 0 Å². The van der Waals surface area contributed by atoms with Crippen molar-refractivity contribution in [2.24, 2.45) is 0 Å². The van der Waals surface area contributed by atoms with Gasteiger partial charge in [-0.1, -0.05) is 0 Å². The Kier molecular flexibility index (Phi) is 3.73. The van der Waals surface area contributed by atoms with Crippen molar-refractivity contribution in [1.82, 2.24) is 10.2 Å². The van der Waals surface area contributed by atoms with Crippen molar-refractivity contribution >= 4 is 11.3 Å². The summed E-state index contributed by atoms with van der Waals surface area (Å²) < 4.78 is 0. The lowest BCUT2D eigenvalue weighted by Gasteiger charge is -2.38. The molecule has 18 heavy (non-hydrogen) atoms. The summed E-state index contributed by atoms with van der Waals surface area (Å²) in [6.07, 6.45) is 6.58. The molecule has 0 amide bonds. The van der Waals surface area contributed by atoms with Crippen LogP contribution in [0.5, 0.6) is 0 Å². The fourth-order valence-corrected chi connectivity index (χ4v) is 4.37. The topological polar surface area (TPSA) is 15.3 Å². The van der Waals surface area contributed by atoms with Crippen LogP contribution >= 0.6 is 11.3 Å². The molecule has 3 rings (SSSR count). The van der Waals surface area contributed by atoms with E-state index in [0.717, 1.165) is 6.04 Å². The van der Waals surface area contributed by atoms with Crippen molar-refractivity contribution in [2.45, 2.75) is 57.2 Å². The second kappa shape index (κ2) is 5.32. The molecular formula is C15H24N2S. The Labute approximate surface area is 114 Å². The third-order valence-electron chi connectivity index (χ3n) is 4.70. The molecule has 1 aliphatic heterocycles. The Morgan fingerprint density at radius 1 is 1.39 bits per heavy atom. The van der Waals surface area contributed by atoms with Gasteiger partial charge in [0.15, 0.2) is 0 Å². The third kappa shape index (κ3) is 2.49. The molecule has 0 spiro atoms. The molecule has 1 saturated heterocycles. The average molecular weight is 264 g/mol. The molecular weight excluding hydrogens is 240 g/mol. The molecule has 3 heteroatoms. The Bertz CT molecular complexity index is 401. The van der Waals surface area contributed by atoms with Crippen LogP contribution in [-0.4, -0.2) is 30.6 Å². The Hall–Kier alpha value is -0.380. The van der Waals surface area contributed by atoms with Crippen LogP contribution < -0.4 is 5.32 Å². The molecule has 1 aliphatic carbocycles. The largest absolute Gasteiger partial charge is 0.307 e. The van der Waals surface area contributed by atoms with Crippen LogP contribution in [0.15, 0.2) is 11.4 Å². The quantitative estimate of drug-likeness (QED) is 0.882. The number of fused-ring (bicyclic) bond motifs is 1. The van der Waals surface area contributed by atoms with E-state index in [1.807, 2.05) is 11.3 Å². The highest BCUT2D eigenvalue weighted by Gasteiger charge is 2.27. The number of piperidine rings is 1. The van der Waals surface area contributed by atoms with Crippen molar-refractivity contribution in [3.8, 4) is 0 Å².